The third-order valence-corrected chi connectivity index (χ3v) is 4.54. The fourth-order valence-electron chi connectivity index (χ4n) is 3.08. The van der Waals surface area contributed by atoms with E-state index in [0.29, 0.717) is 12.1 Å². The van der Waals surface area contributed by atoms with Crippen molar-refractivity contribution >= 4 is 10.9 Å². The Kier molecular flexibility index (Phi) is 4.12. The van der Waals surface area contributed by atoms with Crippen LogP contribution in [0.3, 0.4) is 0 Å². The first-order valence-corrected chi connectivity index (χ1v) is 8.82. The highest BCUT2D eigenvalue weighted by atomic mass is 19.3. The van der Waals surface area contributed by atoms with Crippen LogP contribution in [0, 0.1) is 0 Å². The number of H-pyrrole nitrogens is 1. The van der Waals surface area contributed by atoms with Crippen LogP contribution in [0.5, 0.6) is 0 Å². The third-order valence-electron chi connectivity index (χ3n) is 4.54. The van der Waals surface area contributed by atoms with Gasteiger partial charge in [0, 0.05) is 29.7 Å². The second kappa shape index (κ2) is 6.93. The van der Waals surface area contributed by atoms with Crippen LogP contribution < -0.4 is 0 Å². The average molecular weight is 392 g/mol. The van der Waals surface area contributed by atoms with Crippen molar-refractivity contribution in [1.29, 1.82) is 0 Å². The van der Waals surface area contributed by atoms with E-state index in [9.17, 15) is 8.78 Å². The highest BCUT2D eigenvalue weighted by Crippen LogP contribution is 2.24. The van der Waals surface area contributed by atoms with Crippen LogP contribution in [-0.2, 0) is 6.54 Å². The Morgan fingerprint density at radius 1 is 1.00 bits per heavy atom. The lowest BCUT2D eigenvalue weighted by molar-refractivity contribution is 0.116. The van der Waals surface area contributed by atoms with E-state index in [2.05, 4.69) is 43.5 Å². The van der Waals surface area contributed by atoms with Crippen molar-refractivity contribution in [3.8, 4) is 22.6 Å². The van der Waals surface area contributed by atoms with Gasteiger partial charge in [0.1, 0.15) is 0 Å². The zero-order valence-corrected chi connectivity index (χ0v) is 15.0. The normalized spacial score (nSPS) is 11.6. The van der Waals surface area contributed by atoms with E-state index in [4.69, 9.17) is 4.42 Å². The highest BCUT2D eigenvalue weighted by molar-refractivity contribution is 5.84. The number of aromatic amines is 1. The molecule has 0 atom stereocenters. The van der Waals surface area contributed by atoms with Crippen molar-refractivity contribution < 1.29 is 13.2 Å². The van der Waals surface area contributed by atoms with Gasteiger partial charge in [0.05, 0.1) is 24.0 Å². The number of aromatic nitrogens is 6. The van der Waals surface area contributed by atoms with Crippen LogP contribution >= 0.6 is 0 Å². The summed E-state index contributed by atoms with van der Waals surface area (Å²) in [6, 6.07) is 11.7. The smallest absolute Gasteiger partial charge is 0.314 e. The van der Waals surface area contributed by atoms with Crippen molar-refractivity contribution in [2.24, 2.45) is 0 Å². The van der Waals surface area contributed by atoms with Gasteiger partial charge >= 0.3 is 6.43 Å². The number of halogens is 2. The molecule has 5 rings (SSSR count). The monoisotopic (exact) mass is 392 g/mol. The summed E-state index contributed by atoms with van der Waals surface area (Å²) in [5.41, 5.74) is 4.39. The lowest BCUT2D eigenvalue weighted by Crippen LogP contribution is -2.01. The van der Waals surface area contributed by atoms with Crippen molar-refractivity contribution in [1.82, 2.24) is 29.9 Å². The van der Waals surface area contributed by atoms with E-state index in [-0.39, 0.29) is 5.89 Å². The summed E-state index contributed by atoms with van der Waals surface area (Å²) < 4.78 is 31.9. The van der Waals surface area contributed by atoms with E-state index in [1.165, 1.54) is 6.20 Å². The molecule has 0 spiro atoms. The molecule has 0 aliphatic heterocycles. The van der Waals surface area contributed by atoms with Gasteiger partial charge in [0.25, 0.3) is 5.89 Å². The second-order valence-corrected chi connectivity index (χ2v) is 6.49. The molecular weight excluding hydrogens is 378 g/mol. The number of fused-ring (bicyclic) bond motifs is 1. The predicted octanol–water partition coefficient (Wildman–Crippen LogP) is 4.46. The molecule has 0 unspecified atom stereocenters. The molecule has 1 N–H and O–H groups in total. The predicted molar refractivity (Wildman–Crippen MR) is 101 cm³/mol. The molecule has 0 saturated heterocycles. The van der Waals surface area contributed by atoms with Gasteiger partial charge in [-0.1, -0.05) is 12.1 Å². The zero-order chi connectivity index (χ0) is 19.8. The molecular formula is C20H14F2N6O. The van der Waals surface area contributed by atoms with Gasteiger partial charge in [-0.25, -0.2) is 0 Å². The van der Waals surface area contributed by atoms with E-state index in [1.807, 2.05) is 24.7 Å². The lowest BCUT2D eigenvalue weighted by atomic mass is 10.1. The quantitative estimate of drug-likeness (QED) is 0.477. The maximum atomic E-state index is 12.6. The van der Waals surface area contributed by atoms with Gasteiger partial charge in [0.2, 0.25) is 5.89 Å². The molecule has 0 fully saturated rings. The Morgan fingerprint density at radius 2 is 1.90 bits per heavy atom. The van der Waals surface area contributed by atoms with Crippen LogP contribution in [0.1, 0.15) is 18.0 Å². The SMILES string of the molecule is FC(F)c1nnc(-c2ccc(Cn3cc(-c4ccc5cc[nH]c5c4)cn3)nc2)o1. The van der Waals surface area contributed by atoms with Crippen LogP contribution in [0.25, 0.3) is 33.5 Å². The number of hydrogen-bond donors (Lipinski definition) is 1. The maximum Gasteiger partial charge on any atom is 0.314 e. The molecule has 0 aliphatic carbocycles. The van der Waals surface area contributed by atoms with Gasteiger partial charge in [-0.2, -0.15) is 13.9 Å². The molecule has 7 nitrogen and oxygen atoms in total. The molecule has 9 heteroatoms. The number of hydrogen-bond acceptors (Lipinski definition) is 5. The van der Waals surface area contributed by atoms with Gasteiger partial charge < -0.3 is 9.40 Å². The van der Waals surface area contributed by atoms with E-state index in [0.717, 1.165) is 27.7 Å². The second-order valence-electron chi connectivity index (χ2n) is 6.49. The number of pyridine rings is 1. The molecule has 0 aliphatic rings. The van der Waals surface area contributed by atoms with Gasteiger partial charge in [0.15, 0.2) is 0 Å². The molecule has 0 radical (unpaired) electrons. The lowest BCUT2D eigenvalue weighted by Gasteiger charge is -2.02. The molecule has 1 aromatic carbocycles. The summed E-state index contributed by atoms with van der Waals surface area (Å²) in [5, 5.41) is 12.5. The fourth-order valence-corrected chi connectivity index (χ4v) is 3.08. The molecule has 5 aromatic rings. The zero-order valence-electron chi connectivity index (χ0n) is 15.0. The Labute approximate surface area is 163 Å². The first-order valence-electron chi connectivity index (χ1n) is 8.82. The van der Waals surface area contributed by atoms with Crippen molar-refractivity contribution in [2.45, 2.75) is 13.0 Å². The third kappa shape index (κ3) is 3.38. The van der Waals surface area contributed by atoms with Crippen LogP contribution in [-0.4, -0.2) is 29.9 Å². The highest BCUT2D eigenvalue weighted by Gasteiger charge is 2.17. The molecule has 0 bridgehead atoms. The standard InChI is InChI=1S/C20H14F2N6O/c21-18(22)20-27-26-19(29-20)14-3-4-16(24-8-14)11-28-10-15(9-25-28)13-2-1-12-5-6-23-17(12)7-13/h1-10,18,23H,11H2. The number of rotatable bonds is 5. The van der Waals surface area contributed by atoms with Gasteiger partial charge in [-0.3, -0.25) is 9.67 Å². The molecule has 29 heavy (non-hydrogen) atoms. The number of alkyl halides is 2. The Balaban J connectivity index is 1.32. The van der Waals surface area contributed by atoms with Crippen molar-refractivity contribution in [3.05, 3.63) is 72.8 Å². The minimum absolute atomic E-state index is 0.0143. The summed E-state index contributed by atoms with van der Waals surface area (Å²) in [5.74, 6) is -0.689. The molecule has 4 heterocycles. The molecule has 144 valence electrons. The Hall–Kier alpha value is -3.88. The number of nitrogens with zero attached hydrogens (tertiary/aromatic N) is 5. The fraction of sp³-hybridized carbons (Fsp3) is 0.100. The van der Waals surface area contributed by atoms with Gasteiger partial charge in [-0.15, -0.1) is 10.2 Å². The minimum atomic E-state index is -2.80. The summed E-state index contributed by atoms with van der Waals surface area (Å²) in [6.07, 6.45) is 4.39. The van der Waals surface area contributed by atoms with E-state index >= 15 is 0 Å². The summed E-state index contributed by atoms with van der Waals surface area (Å²) >= 11 is 0. The maximum absolute atomic E-state index is 12.6. The molecule has 0 amide bonds. The largest absolute Gasteiger partial charge is 0.415 e. The van der Waals surface area contributed by atoms with Crippen LogP contribution in [0.2, 0.25) is 0 Å². The first kappa shape index (κ1) is 17.2. The van der Waals surface area contributed by atoms with Crippen LogP contribution in [0.15, 0.2) is 65.6 Å². The Bertz CT molecular complexity index is 1270. The average Bonchev–Trinajstić information content (AvgIpc) is 3.48. The molecule has 4 aromatic heterocycles. The number of nitrogens with one attached hydrogen (secondary N) is 1. The Morgan fingerprint density at radius 3 is 2.69 bits per heavy atom. The van der Waals surface area contributed by atoms with Crippen molar-refractivity contribution in [3.63, 3.8) is 0 Å². The van der Waals surface area contributed by atoms with Crippen molar-refractivity contribution in [2.75, 3.05) is 0 Å². The first-order chi connectivity index (χ1) is 14.2. The molecule has 0 saturated carbocycles. The van der Waals surface area contributed by atoms with Gasteiger partial charge in [-0.05, 0) is 35.2 Å². The van der Waals surface area contributed by atoms with E-state index in [1.54, 1.807) is 16.8 Å². The summed E-state index contributed by atoms with van der Waals surface area (Å²) in [4.78, 5) is 7.55. The van der Waals surface area contributed by atoms with E-state index < -0.39 is 12.3 Å². The van der Waals surface area contributed by atoms with Crippen LogP contribution in [0.4, 0.5) is 8.78 Å². The number of benzene rings is 1. The minimum Gasteiger partial charge on any atom is -0.415 e. The summed E-state index contributed by atoms with van der Waals surface area (Å²) in [6.45, 7) is 0.469. The summed E-state index contributed by atoms with van der Waals surface area (Å²) in [7, 11) is 0. The topological polar surface area (TPSA) is 85.4 Å².